The minimum atomic E-state index is -0.348. The van der Waals surface area contributed by atoms with Crippen molar-refractivity contribution in [2.24, 2.45) is 0 Å². The fraction of sp³-hybridized carbons (Fsp3) is 0.400. The Hall–Kier alpha value is -2.59. The van der Waals surface area contributed by atoms with E-state index in [9.17, 15) is 4.79 Å². The topological polar surface area (TPSA) is 91.2 Å². The lowest BCUT2D eigenvalue weighted by Crippen LogP contribution is -2.23. The number of thioether (sulfide) groups is 1. The zero-order chi connectivity index (χ0) is 21.5. The Labute approximate surface area is 184 Å². The third-order valence-corrected chi connectivity index (χ3v) is 5.95. The molecule has 0 aliphatic heterocycles. The summed E-state index contributed by atoms with van der Waals surface area (Å²) < 4.78 is 13.6. The van der Waals surface area contributed by atoms with E-state index in [1.54, 1.807) is 6.20 Å². The maximum Gasteiger partial charge on any atom is 0.239 e. The minimum absolute atomic E-state index is 0.126. The van der Waals surface area contributed by atoms with Gasteiger partial charge in [-0.2, -0.15) is 0 Å². The standard InChI is InChI=1S/C20H25N5O3S2/c1-5-25-17(12-28-15-8-7-13(3)11-16(15)27-6-2)23-24-20(25)30-14(4)18(26)22-19-21-9-10-29-19/h7-11,14H,5-6,12H2,1-4H3,(H,21,22,26). The molecule has 1 unspecified atom stereocenters. The number of nitrogens with zero attached hydrogens (tertiary/aromatic N) is 4. The van der Waals surface area contributed by atoms with Gasteiger partial charge in [-0.15, -0.1) is 21.5 Å². The van der Waals surface area contributed by atoms with Crippen LogP contribution in [0.5, 0.6) is 11.5 Å². The molecule has 0 saturated heterocycles. The highest BCUT2D eigenvalue weighted by molar-refractivity contribution is 8.00. The largest absolute Gasteiger partial charge is 0.490 e. The van der Waals surface area contributed by atoms with Gasteiger partial charge in [0.15, 0.2) is 27.6 Å². The third kappa shape index (κ3) is 5.51. The first-order valence-electron chi connectivity index (χ1n) is 9.67. The molecule has 0 aliphatic rings. The maximum atomic E-state index is 12.4. The molecule has 0 bridgehead atoms. The molecule has 0 fully saturated rings. The van der Waals surface area contributed by atoms with Crippen LogP contribution < -0.4 is 14.8 Å². The number of hydrogen-bond acceptors (Lipinski definition) is 8. The predicted molar refractivity (Wildman–Crippen MR) is 118 cm³/mol. The van der Waals surface area contributed by atoms with E-state index in [2.05, 4.69) is 20.5 Å². The highest BCUT2D eigenvalue weighted by Crippen LogP contribution is 2.29. The van der Waals surface area contributed by atoms with Crippen molar-refractivity contribution in [3.8, 4) is 11.5 Å². The van der Waals surface area contributed by atoms with Gasteiger partial charge in [0.25, 0.3) is 0 Å². The van der Waals surface area contributed by atoms with Gasteiger partial charge in [0.1, 0.15) is 6.61 Å². The molecular formula is C20H25N5O3S2. The number of anilines is 1. The van der Waals surface area contributed by atoms with E-state index in [0.29, 0.717) is 40.8 Å². The normalized spacial score (nSPS) is 11.9. The summed E-state index contributed by atoms with van der Waals surface area (Å²) in [6.45, 7) is 9.27. The highest BCUT2D eigenvalue weighted by atomic mass is 32.2. The first-order chi connectivity index (χ1) is 14.5. The Balaban J connectivity index is 1.66. The monoisotopic (exact) mass is 447 g/mol. The first kappa shape index (κ1) is 22.1. The lowest BCUT2D eigenvalue weighted by atomic mass is 10.2. The van der Waals surface area contributed by atoms with Crippen LogP contribution >= 0.6 is 23.1 Å². The van der Waals surface area contributed by atoms with Crippen molar-refractivity contribution < 1.29 is 14.3 Å². The Morgan fingerprint density at radius 3 is 2.80 bits per heavy atom. The number of amides is 1. The van der Waals surface area contributed by atoms with Gasteiger partial charge in [-0.1, -0.05) is 17.8 Å². The zero-order valence-electron chi connectivity index (χ0n) is 17.4. The molecule has 0 saturated carbocycles. The van der Waals surface area contributed by atoms with Crippen LogP contribution in [-0.2, 0) is 17.9 Å². The molecule has 3 aromatic rings. The molecule has 160 valence electrons. The van der Waals surface area contributed by atoms with Crippen molar-refractivity contribution in [2.75, 3.05) is 11.9 Å². The molecule has 2 aromatic heterocycles. The predicted octanol–water partition coefficient (Wildman–Crippen LogP) is 4.16. The molecule has 1 atom stereocenters. The molecule has 8 nitrogen and oxygen atoms in total. The quantitative estimate of drug-likeness (QED) is 0.467. The maximum absolute atomic E-state index is 12.4. The number of carbonyl (C=O) groups excluding carboxylic acids is 1. The van der Waals surface area contributed by atoms with E-state index in [1.807, 2.05) is 55.8 Å². The molecule has 2 heterocycles. The number of aromatic nitrogens is 4. The van der Waals surface area contributed by atoms with Crippen LogP contribution in [0.3, 0.4) is 0 Å². The van der Waals surface area contributed by atoms with Gasteiger partial charge in [-0.3, -0.25) is 4.79 Å². The van der Waals surface area contributed by atoms with Gasteiger partial charge in [0, 0.05) is 18.1 Å². The van der Waals surface area contributed by atoms with Gasteiger partial charge in [-0.05, 0) is 45.4 Å². The Morgan fingerprint density at radius 2 is 2.10 bits per heavy atom. The molecular weight excluding hydrogens is 422 g/mol. The number of thiazole rings is 1. The summed E-state index contributed by atoms with van der Waals surface area (Å²) in [5.74, 6) is 1.94. The van der Waals surface area contributed by atoms with Crippen LogP contribution in [0.2, 0.25) is 0 Å². The van der Waals surface area contributed by atoms with Gasteiger partial charge in [0.2, 0.25) is 5.91 Å². The second-order valence-electron chi connectivity index (χ2n) is 6.40. The van der Waals surface area contributed by atoms with Crippen molar-refractivity contribution in [1.82, 2.24) is 19.7 Å². The van der Waals surface area contributed by atoms with Crippen molar-refractivity contribution in [3.63, 3.8) is 0 Å². The average Bonchev–Trinajstić information content (AvgIpc) is 3.37. The van der Waals surface area contributed by atoms with E-state index in [0.717, 1.165) is 5.56 Å². The van der Waals surface area contributed by atoms with Crippen molar-refractivity contribution in [1.29, 1.82) is 0 Å². The number of carbonyl (C=O) groups is 1. The Kier molecular flexibility index (Phi) is 7.69. The first-order valence-corrected chi connectivity index (χ1v) is 11.4. The van der Waals surface area contributed by atoms with Crippen molar-refractivity contribution in [2.45, 2.75) is 51.3 Å². The molecule has 3 rings (SSSR count). The minimum Gasteiger partial charge on any atom is -0.490 e. The number of ether oxygens (including phenoxy) is 2. The second kappa shape index (κ2) is 10.4. The molecule has 0 aliphatic carbocycles. The summed E-state index contributed by atoms with van der Waals surface area (Å²) in [5.41, 5.74) is 1.10. The summed E-state index contributed by atoms with van der Waals surface area (Å²) in [5, 5.41) is 14.1. The van der Waals surface area contributed by atoms with Crippen molar-refractivity contribution >= 4 is 34.1 Å². The smallest absolute Gasteiger partial charge is 0.239 e. The Morgan fingerprint density at radius 1 is 1.27 bits per heavy atom. The van der Waals surface area contributed by atoms with Crippen LogP contribution in [0.1, 0.15) is 32.2 Å². The Bertz CT molecular complexity index is 975. The summed E-state index contributed by atoms with van der Waals surface area (Å²) in [6, 6.07) is 5.83. The van der Waals surface area contributed by atoms with E-state index in [1.165, 1.54) is 23.1 Å². The van der Waals surface area contributed by atoms with E-state index in [-0.39, 0.29) is 17.8 Å². The van der Waals surface area contributed by atoms with Crippen LogP contribution in [0.15, 0.2) is 34.9 Å². The zero-order valence-corrected chi connectivity index (χ0v) is 19.0. The highest BCUT2D eigenvalue weighted by Gasteiger charge is 2.21. The van der Waals surface area contributed by atoms with Crippen LogP contribution in [0.25, 0.3) is 0 Å². The molecule has 10 heteroatoms. The number of rotatable bonds is 10. The van der Waals surface area contributed by atoms with Crippen molar-refractivity contribution in [3.05, 3.63) is 41.2 Å². The SMILES string of the molecule is CCOc1cc(C)ccc1OCc1nnc(SC(C)C(=O)Nc2nccs2)n1CC. The van der Waals surface area contributed by atoms with E-state index < -0.39 is 0 Å². The van der Waals surface area contributed by atoms with Crippen LogP contribution in [0.4, 0.5) is 5.13 Å². The molecule has 1 amide bonds. The summed E-state index contributed by atoms with van der Waals surface area (Å²) >= 11 is 2.74. The summed E-state index contributed by atoms with van der Waals surface area (Å²) in [4.78, 5) is 16.5. The lowest BCUT2D eigenvalue weighted by molar-refractivity contribution is -0.115. The van der Waals surface area contributed by atoms with E-state index in [4.69, 9.17) is 9.47 Å². The average molecular weight is 448 g/mol. The van der Waals surface area contributed by atoms with Gasteiger partial charge in [-0.25, -0.2) is 4.98 Å². The molecule has 0 spiro atoms. The van der Waals surface area contributed by atoms with Gasteiger partial charge >= 0.3 is 0 Å². The number of hydrogen-bond donors (Lipinski definition) is 1. The van der Waals surface area contributed by atoms with Gasteiger partial charge < -0.3 is 19.4 Å². The molecule has 1 aromatic carbocycles. The van der Waals surface area contributed by atoms with E-state index >= 15 is 0 Å². The number of benzene rings is 1. The summed E-state index contributed by atoms with van der Waals surface area (Å²) in [7, 11) is 0. The number of nitrogens with one attached hydrogen (secondary N) is 1. The fourth-order valence-electron chi connectivity index (χ4n) is 2.68. The molecule has 0 radical (unpaired) electrons. The molecule has 1 N–H and O–H groups in total. The summed E-state index contributed by atoms with van der Waals surface area (Å²) in [6.07, 6.45) is 1.66. The number of aryl methyl sites for hydroxylation is 1. The second-order valence-corrected chi connectivity index (χ2v) is 8.60. The van der Waals surface area contributed by atoms with Crippen LogP contribution in [0, 0.1) is 6.92 Å². The fourth-order valence-corrected chi connectivity index (χ4v) is 4.14. The van der Waals surface area contributed by atoms with Gasteiger partial charge in [0.05, 0.1) is 11.9 Å². The lowest BCUT2D eigenvalue weighted by Gasteiger charge is -2.14. The molecule has 30 heavy (non-hydrogen) atoms. The van der Waals surface area contributed by atoms with Crippen LogP contribution in [-0.4, -0.2) is 37.5 Å². The third-order valence-electron chi connectivity index (χ3n) is 4.18.